The van der Waals surface area contributed by atoms with Gasteiger partial charge in [-0.2, -0.15) is 0 Å². The normalized spacial score (nSPS) is 10.3. The van der Waals surface area contributed by atoms with Crippen LogP contribution < -0.4 is 29.8 Å². The molecular formula is C21H22N4O7S. The molecule has 1 heterocycles. The zero-order chi connectivity index (χ0) is 23.6. The number of nitrogens with one attached hydrogen (secondary N) is 2. The van der Waals surface area contributed by atoms with Crippen molar-refractivity contribution in [1.29, 1.82) is 0 Å². The molecule has 0 aliphatic heterocycles. The lowest BCUT2D eigenvalue weighted by Gasteiger charge is -2.09. The summed E-state index contributed by atoms with van der Waals surface area (Å²) in [5.41, 5.74) is 4.92. The Balaban J connectivity index is 1.42. The Morgan fingerprint density at radius 2 is 1.52 bits per heavy atom. The van der Waals surface area contributed by atoms with Gasteiger partial charge in [0.2, 0.25) is 5.91 Å². The number of nitrogens with zero attached hydrogens (tertiary/aromatic N) is 2. The highest BCUT2D eigenvalue weighted by Crippen LogP contribution is 2.22. The summed E-state index contributed by atoms with van der Waals surface area (Å²) in [5.74, 6) is 1.45. The van der Waals surface area contributed by atoms with Crippen molar-refractivity contribution in [2.75, 3.05) is 27.1 Å². The second kappa shape index (κ2) is 11.6. The highest BCUT2D eigenvalue weighted by molar-refractivity contribution is 7.99. The average Bonchev–Trinajstić information content (AvgIpc) is 3.32. The van der Waals surface area contributed by atoms with Crippen molar-refractivity contribution >= 4 is 23.6 Å². The van der Waals surface area contributed by atoms with E-state index in [-0.39, 0.29) is 29.0 Å². The molecule has 0 aliphatic carbocycles. The number of rotatable bonds is 10. The van der Waals surface area contributed by atoms with Gasteiger partial charge in [-0.1, -0.05) is 11.8 Å². The standard InChI is InChI=1S/C21H22N4O7S/c1-28-14-4-6-15(7-5-14)31-11-19-23-25-21(32-19)33-12-18(26)22-24-20(27)13-8-16(29-2)10-17(9-13)30-3/h4-10H,11-12H2,1-3H3,(H,22,26)(H,24,27). The first-order valence-corrected chi connectivity index (χ1v) is 10.5. The second-order valence-electron chi connectivity index (χ2n) is 6.32. The minimum absolute atomic E-state index is 0.0529. The summed E-state index contributed by atoms with van der Waals surface area (Å²) in [7, 11) is 4.53. The molecule has 3 aromatic rings. The molecule has 0 radical (unpaired) electrons. The largest absolute Gasteiger partial charge is 0.497 e. The zero-order valence-corrected chi connectivity index (χ0v) is 18.9. The lowest BCUT2D eigenvalue weighted by Crippen LogP contribution is -2.42. The first-order chi connectivity index (χ1) is 16.0. The number of amides is 2. The van der Waals surface area contributed by atoms with Crippen LogP contribution in [0, 0.1) is 0 Å². The number of benzene rings is 2. The van der Waals surface area contributed by atoms with Crippen LogP contribution in [0.25, 0.3) is 0 Å². The van der Waals surface area contributed by atoms with Crippen molar-refractivity contribution in [1.82, 2.24) is 21.0 Å². The molecule has 2 amide bonds. The summed E-state index contributed by atoms with van der Waals surface area (Å²) in [6.07, 6.45) is 0. The maximum absolute atomic E-state index is 12.3. The summed E-state index contributed by atoms with van der Waals surface area (Å²) in [5, 5.41) is 7.93. The third-order valence-electron chi connectivity index (χ3n) is 4.13. The van der Waals surface area contributed by atoms with Crippen LogP contribution in [0.2, 0.25) is 0 Å². The Morgan fingerprint density at radius 1 is 0.879 bits per heavy atom. The van der Waals surface area contributed by atoms with E-state index in [2.05, 4.69) is 21.0 Å². The summed E-state index contributed by atoms with van der Waals surface area (Å²) in [6.45, 7) is 0.0755. The van der Waals surface area contributed by atoms with Crippen LogP contribution in [-0.2, 0) is 11.4 Å². The van der Waals surface area contributed by atoms with Crippen molar-refractivity contribution in [3.05, 3.63) is 53.9 Å². The average molecular weight is 474 g/mol. The highest BCUT2D eigenvalue weighted by Gasteiger charge is 2.13. The van der Waals surface area contributed by atoms with Crippen molar-refractivity contribution in [3.8, 4) is 23.0 Å². The van der Waals surface area contributed by atoms with Gasteiger partial charge in [-0.05, 0) is 36.4 Å². The molecule has 33 heavy (non-hydrogen) atoms. The summed E-state index contributed by atoms with van der Waals surface area (Å²) >= 11 is 1.02. The second-order valence-corrected chi connectivity index (χ2v) is 7.24. The maximum Gasteiger partial charge on any atom is 0.277 e. The van der Waals surface area contributed by atoms with E-state index in [1.165, 1.54) is 26.4 Å². The Kier molecular flexibility index (Phi) is 8.36. The van der Waals surface area contributed by atoms with Gasteiger partial charge in [-0.3, -0.25) is 20.4 Å². The van der Waals surface area contributed by atoms with E-state index < -0.39 is 11.8 Å². The van der Waals surface area contributed by atoms with Crippen molar-refractivity contribution in [3.63, 3.8) is 0 Å². The predicted octanol–water partition coefficient (Wildman–Crippen LogP) is 2.23. The lowest BCUT2D eigenvalue weighted by atomic mass is 10.2. The topological polar surface area (TPSA) is 134 Å². The molecule has 0 atom stereocenters. The molecule has 0 fully saturated rings. The number of hydrazine groups is 1. The highest BCUT2D eigenvalue weighted by atomic mass is 32.2. The Labute approximate surface area is 193 Å². The molecule has 174 valence electrons. The number of hydrogen-bond donors (Lipinski definition) is 2. The molecule has 0 aliphatic rings. The first kappa shape index (κ1) is 23.7. The van der Waals surface area contributed by atoms with Crippen LogP contribution in [0.3, 0.4) is 0 Å². The SMILES string of the molecule is COc1ccc(OCc2nnc(SCC(=O)NNC(=O)c3cc(OC)cc(OC)c3)o2)cc1. The number of carbonyl (C=O) groups excluding carboxylic acids is 2. The van der Waals surface area contributed by atoms with E-state index in [9.17, 15) is 9.59 Å². The van der Waals surface area contributed by atoms with Gasteiger partial charge in [0, 0.05) is 11.6 Å². The molecule has 0 saturated heterocycles. The molecule has 3 rings (SSSR count). The van der Waals surface area contributed by atoms with Crippen LogP contribution >= 0.6 is 11.8 Å². The van der Waals surface area contributed by atoms with Crippen molar-refractivity contribution in [2.45, 2.75) is 11.8 Å². The van der Waals surface area contributed by atoms with Crippen LogP contribution in [0.1, 0.15) is 16.2 Å². The molecule has 12 heteroatoms. The third-order valence-corrected chi connectivity index (χ3v) is 4.94. The maximum atomic E-state index is 12.3. The fraction of sp³-hybridized carbons (Fsp3) is 0.238. The Morgan fingerprint density at radius 3 is 2.15 bits per heavy atom. The van der Waals surface area contributed by atoms with Gasteiger partial charge >= 0.3 is 0 Å². The molecule has 2 aromatic carbocycles. The lowest BCUT2D eigenvalue weighted by molar-refractivity contribution is -0.119. The van der Waals surface area contributed by atoms with E-state index in [0.717, 1.165) is 17.5 Å². The number of aromatic nitrogens is 2. The van der Waals surface area contributed by atoms with Crippen LogP contribution in [0.4, 0.5) is 0 Å². The first-order valence-electron chi connectivity index (χ1n) is 9.55. The minimum atomic E-state index is -0.527. The van der Waals surface area contributed by atoms with Crippen LogP contribution in [-0.4, -0.2) is 49.1 Å². The zero-order valence-electron chi connectivity index (χ0n) is 18.1. The third kappa shape index (κ3) is 7.04. The van der Waals surface area contributed by atoms with Gasteiger partial charge in [-0.25, -0.2) is 0 Å². The van der Waals surface area contributed by atoms with Gasteiger partial charge in [0.05, 0.1) is 27.1 Å². The molecule has 11 nitrogen and oxygen atoms in total. The van der Waals surface area contributed by atoms with E-state index in [0.29, 0.717) is 17.2 Å². The summed E-state index contributed by atoms with van der Waals surface area (Å²) in [6, 6.07) is 11.7. The number of carbonyl (C=O) groups is 2. The Hall–Kier alpha value is -3.93. The number of hydrogen-bond acceptors (Lipinski definition) is 10. The molecular weight excluding hydrogens is 452 g/mol. The van der Waals surface area contributed by atoms with E-state index in [4.69, 9.17) is 23.4 Å². The van der Waals surface area contributed by atoms with Crippen LogP contribution in [0.15, 0.2) is 52.1 Å². The predicted molar refractivity (Wildman–Crippen MR) is 118 cm³/mol. The Bertz CT molecular complexity index is 1070. The quantitative estimate of drug-likeness (QED) is 0.333. The molecule has 0 unspecified atom stereocenters. The molecule has 0 saturated carbocycles. The monoisotopic (exact) mass is 474 g/mol. The van der Waals surface area contributed by atoms with E-state index in [1.54, 1.807) is 37.4 Å². The smallest absolute Gasteiger partial charge is 0.277 e. The van der Waals surface area contributed by atoms with Crippen molar-refractivity contribution in [2.24, 2.45) is 0 Å². The summed E-state index contributed by atoms with van der Waals surface area (Å²) < 4.78 is 26.3. The summed E-state index contributed by atoms with van der Waals surface area (Å²) in [4.78, 5) is 24.3. The van der Waals surface area contributed by atoms with Gasteiger partial charge in [0.25, 0.3) is 17.0 Å². The molecule has 0 bridgehead atoms. The van der Waals surface area contributed by atoms with E-state index >= 15 is 0 Å². The molecule has 0 spiro atoms. The number of methoxy groups -OCH3 is 3. The van der Waals surface area contributed by atoms with Gasteiger partial charge in [0.15, 0.2) is 6.61 Å². The fourth-order valence-corrected chi connectivity index (χ4v) is 3.05. The van der Waals surface area contributed by atoms with Crippen molar-refractivity contribution < 1.29 is 33.0 Å². The van der Waals surface area contributed by atoms with Gasteiger partial charge in [-0.15, -0.1) is 10.2 Å². The van der Waals surface area contributed by atoms with Crippen LogP contribution in [0.5, 0.6) is 23.0 Å². The van der Waals surface area contributed by atoms with E-state index in [1.807, 2.05) is 0 Å². The molecule has 2 N–H and O–H groups in total. The number of ether oxygens (including phenoxy) is 4. The minimum Gasteiger partial charge on any atom is -0.497 e. The number of thioether (sulfide) groups is 1. The van der Waals surface area contributed by atoms with Gasteiger partial charge < -0.3 is 23.4 Å². The van der Waals surface area contributed by atoms with Gasteiger partial charge in [0.1, 0.15) is 23.0 Å². The fourth-order valence-electron chi connectivity index (χ4n) is 2.47. The molecule has 1 aromatic heterocycles.